The summed E-state index contributed by atoms with van der Waals surface area (Å²) in [7, 11) is 3.80. The summed E-state index contributed by atoms with van der Waals surface area (Å²) in [6.45, 7) is 3.28. The van der Waals surface area contributed by atoms with Crippen molar-refractivity contribution in [1.82, 2.24) is 24.6 Å². The van der Waals surface area contributed by atoms with Crippen molar-refractivity contribution in [3.63, 3.8) is 0 Å². The van der Waals surface area contributed by atoms with E-state index in [1.807, 2.05) is 72.4 Å². The molecule has 0 bridgehead atoms. The third-order valence-electron chi connectivity index (χ3n) is 7.45. The molecule has 1 saturated heterocycles. The quantitative estimate of drug-likeness (QED) is 0.432. The second-order valence-electron chi connectivity index (χ2n) is 10.8. The number of likely N-dealkylation sites (N-methyl/N-ethyl adjacent to an activating group) is 1. The Labute approximate surface area is 235 Å². The van der Waals surface area contributed by atoms with Gasteiger partial charge in [0, 0.05) is 30.7 Å². The van der Waals surface area contributed by atoms with Gasteiger partial charge in [-0.15, -0.1) is 10.2 Å². The Balaban J connectivity index is 0.000000555. The summed E-state index contributed by atoms with van der Waals surface area (Å²) < 4.78 is 13.3. The van der Waals surface area contributed by atoms with Crippen LogP contribution >= 0.6 is 11.6 Å². The SMILES string of the molecule is C1CCOC1.CN(C)CC(=O)N1Cc2cc(Cl)ccc2-n2c(nnc2C2CCC(Oc3ccccc3)CC2)C1. The van der Waals surface area contributed by atoms with Crippen LogP contribution in [-0.4, -0.2) is 70.4 Å². The molecule has 0 unspecified atom stereocenters. The Morgan fingerprint density at radius 2 is 1.77 bits per heavy atom. The molecule has 1 aromatic heterocycles. The Hall–Kier alpha value is -2.94. The molecule has 8 nitrogen and oxygen atoms in total. The number of hydrogen-bond donors (Lipinski definition) is 0. The first kappa shape index (κ1) is 27.6. The highest BCUT2D eigenvalue weighted by Gasteiger charge is 2.32. The van der Waals surface area contributed by atoms with Gasteiger partial charge in [0.2, 0.25) is 5.91 Å². The molecule has 2 aromatic carbocycles. The van der Waals surface area contributed by atoms with Crippen LogP contribution in [0.2, 0.25) is 5.02 Å². The van der Waals surface area contributed by atoms with Crippen LogP contribution in [0.25, 0.3) is 5.69 Å². The lowest BCUT2D eigenvalue weighted by molar-refractivity contribution is -0.133. The van der Waals surface area contributed by atoms with E-state index in [2.05, 4.69) is 14.8 Å². The van der Waals surface area contributed by atoms with Gasteiger partial charge in [-0.2, -0.15) is 0 Å². The van der Waals surface area contributed by atoms with Crippen molar-refractivity contribution in [3.8, 4) is 11.4 Å². The standard InChI is InChI=1S/C26H30ClN5O2.C4H8O/c1-30(2)17-25(33)31-15-19-14-20(27)10-13-23(19)32-24(16-31)28-29-26(32)18-8-11-22(12-9-18)34-21-6-4-3-5-7-21;1-2-4-5-3-1/h3-7,10,13-14,18,22H,8-9,11-12,15-17H2,1-2H3;1-4H2. The normalized spacial score (nSPS) is 20.5. The maximum Gasteiger partial charge on any atom is 0.237 e. The molecule has 2 fully saturated rings. The van der Waals surface area contributed by atoms with Gasteiger partial charge in [0.25, 0.3) is 0 Å². The van der Waals surface area contributed by atoms with Crippen LogP contribution in [0.15, 0.2) is 48.5 Å². The largest absolute Gasteiger partial charge is 0.490 e. The summed E-state index contributed by atoms with van der Waals surface area (Å²) in [5, 5.41) is 9.85. The van der Waals surface area contributed by atoms with Crippen LogP contribution in [0.5, 0.6) is 5.75 Å². The number of amides is 1. The molecular weight excluding hydrogens is 514 g/mol. The molecule has 0 N–H and O–H groups in total. The maximum atomic E-state index is 12.9. The summed E-state index contributed by atoms with van der Waals surface area (Å²) in [6.07, 6.45) is 6.70. The van der Waals surface area contributed by atoms with Crippen molar-refractivity contribution in [1.29, 1.82) is 0 Å². The minimum absolute atomic E-state index is 0.0625. The summed E-state index contributed by atoms with van der Waals surface area (Å²) in [5.41, 5.74) is 2.03. The number of rotatable bonds is 5. The number of aromatic nitrogens is 3. The first-order valence-electron chi connectivity index (χ1n) is 13.9. The molecule has 1 amide bonds. The molecule has 0 spiro atoms. The number of hydrogen-bond acceptors (Lipinski definition) is 6. The molecule has 39 heavy (non-hydrogen) atoms. The molecule has 0 radical (unpaired) electrons. The lowest BCUT2D eigenvalue weighted by Gasteiger charge is -2.29. The average molecular weight is 552 g/mol. The lowest BCUT2D eigenvalue weighted by atomic mass is 9.86. The molecule has 6 rings (SSSR count). The number of carbonyl (C=O) groups excluding carboxylic acids is 1. The third-order valence-corrected chi connectivity index (χ3v) is 7.68. The summed E-state index contributed by atoms with van der Waals surface area (Å²) in [4.78, 5) is 16.7. The maximum absolute atomic E-state index is 12.9. The molecule has 1 saturated carbocycles. The monoisotopic (exact) mass is 551 g/mol. The zero-order valence-electron chi connectivity index (χ0n) is 22.9. The minimum atomic E-state index is 0.0625. The fourth-order valence-electron chi connectivity index (χ4n) is 5.48. The zero-order valence-corrected chi connectivity index (χ0v) is 23.6. The molecule has 9 heteroatoms. The zero-order chi connectivity index (χ0) is 27.2. The number of nitrogens with zero attached hydrogens (tertiary/aromatic N) is 5. The third kappa shape index (κ3) is 6.99. The molecule has 3 heterocycles. The van der Waals surface area contributed by atoms with E-state index in [0.29, 0.717) is 30.6 Å². The van der Waals surface area contributed by atoms with Gasteiger partial charge >= 0.3 is 0 Å². The second kappa shape index (κ2) is 12.9. The summed E-state index contributed by atoms with van der Waals surface area (Å²) >= 11 is 6.35. The molecule has 208 valence electrons. The Morgan fingerprint density at radius 3 is 2.44 bits per heavy atom. The van der Waals surface area contributed by atoms with E-state index in [0.717, 1.165) is 67.5 Å². The molecular formula is C30H38ClN5O3. The number of para-hydroxylation sites is 1. The summed E-state index contributed by atoms with van der Waals surface area (Å²) in [6, 6.07) is 15.9. The van der Waals surface area contributed by atoms with Crippen molar-refractivity contribution in [2.45, 2.75) is 63.6 Å². The van der Waals surface area contributed by atoms with Gasteiger partial charge in [-0.3, -0.25) is 9.36 Å². The van der Waals surface area contributed by atoms with Crippen molar-refractivity contribution in [2.75, 3.05) is 33.9 Å². The van der Waals surface area contributed by atoms with Crippen LogP contribution in [0.3, 0.4) is 0 Å². The van der Waals surface area contributed by atoms with Gasteiger partial charge in [-0.1, -0.05) is 29.8 Å². The molecule has 3 aliphatic rings. The fraction of sp³-hybridized carbons (Fsp3) is 0.500. The van der Waals surface area contributed by atoms with Gasteiger partial charge in [0.15, 0.2) is 5.82 Å². The number of benzene rings is 2. The van der Waals surface area contributed by atoms with E-state index >= 15 is 0 Å². The van der Waals surface area contributed by atoms with Crippen LogP contribution in [0.4, 0.5) is 0 Å². The fourth-order valence-corrected chi connectivity index (χ4v) is 5.67. The minimum Gasteiger partial charge on any atom is -0.490 e. The van der Waals surface area contributed by atoms with Crippen LogP contribution in [0.1, 0.15) is 61.7 Å². The first-order valence-corrected chi connectivity index (χ1v) is 14.3. The van der Waals surface area contributed by atoms with Crippen molar-refractivity contribution in [2.24, 2.45) is 0 Å². The first-order chi connectivity index (χ1) is 19.0. The predicted octanol–water partition coefficient (Wildman–Crippen LogP) is 5.23. The highest BCUT2D eigenvalue weighted by molar-refractivity contribution is 6.30. The van der Waals surface area contributed by atoms with Gasteiger partial charge in [0.1, 0.15) is 11.6 Å². The molecule has 3 aromatic rings. The number of halogens is 1. The predicted molar refractivity (Wildman–Crippen MR) is 151 cm³/mol. The molecule has 2 aliphatic heterocycles. The smallest absolute Gasteiger partial charge is 0.237 e. The van der Waals surface area contributed by atoms with Crippen LogP contribution in [-0.2, 0) is 22.6 Å². The number of fused-ring (bicyclic) bond motifs is 3. The topological polar surface area (TPSA) is 72.7 Å². The molecule has 0 atom stereocenters. The Bertz CT molecular complexity index is 1230. The van der Waals surface area contributed by atoms with Gasteiger partial charge in [-0.25, -0.2) is 0 Å². The highest BCUT2D eigenvalue weighted by Crippen LogP contribution is 2.37. The molecule has 1 aliphatic carbocycles. The highest BCUT2D eigenvalue weighted by atomic mass is 35.5. The van der Waals surface area contributed by atoms with Gasteiger partial charge < -0.3 is 19.3 Å². The number of ether oxygens (including phenoxy) is 2. The van der Waals surface area contributed by atoms with Crippen LogP contribution < -0.4 is 4.74 Å². The second-order valence-corrected chi connectivity index (χ2v) is 11.2. The van der Waals surface area contributed by atoms with E-state index in [9.17, 15) is 4.79 Å². The van der Waals surface area contributed by atoms with E-state index in [4.69, 9.17) is 21.1 Å². The number of carbonyl (C=O) groups is 1. The van der Waals surface area contributed by atoms with Gasteiger partial charge in [-0.05, 0) is 88.5 Å². The van der Waals surface area contributed by atoms with E-state index in [1.165, 1.54) is 12.8 Å². The van der Waals surface area contributed by atoms with E-state index < -0.39 is 0 Å². The van der Waals surface area contributed by atoms with Crippen molar-refractivity contribution < 1.29 is 14.3 Å². The van der Waals surface area contributed by atoms with Gasteiger partial charge in [0.05, 0.1) is 24.9 Å². The van der Waals surface area contributed by atoms with Crippen molar-refractivity contribution >= 4 is 17.5 Å². The lowest BCUT2D eigenvalue weighted by Crippen LogP contribution is -2.36. The Morgan fingerprint density at radius 1 is 1.03 bits per heavy atom. The van der Waals surface area contributed by atoms with Crippen LogP contribution in [0, 0.1) is 0 Å². The Kier molecular flexibility index (Phi) is 9.17. The van der Waals surface area contributed by atoms with E-state index in [1.54, 1.807) is 0 Å². The van der Waals surface area contributed by atoms with Crippen molar-refractivity contribution in [3.05, 3.63) is 70.8 Å². The summed E-state index contributed by atoms with van der Waals surface area (Å²) in [5.74, 6) is 3.05. The van der Waals surface area contributed by atoms with E-state index in [-0.39, 0.29) is 12.0 Å². The average Bonchev–Trinajstić information content (AvgIpc) is 3.61.